The lowest BCUT2D eigenvalue weighted by Crippen LogP contribution is -2.46. The summed E-state index contributed by atoms with van der Waals surface area (Å²) in [6.45, 7) is 4.38. The molecule has 9 nitrogen and oxygen atoms in total. The maximum Gasteiger partial charge on any atom is 0.289 e. The Bertz CT molecular complexity index is 1230. The number of rotatable bonds is 4. The van der Waals surface area contributed by atoms with E-state index in [0.29, 0.717) is 48.3 Å². The number of fused-ring (bicyclic) bond motifs is 1. The number of hydrogen-bond acceptors (Lipinski definition) is 7. The van der Waals surface area contributed by atoms with Crippen LogP contribution < -0.4 is 10.0 Å². The van der Waals surface area contributed by atoms with E-state index >= 15 is 0 Å². The molecule has 0 aliphatic carbocycles. The summed E-state index contributed by atoms with van der Waals surface area (Å²) >= 11 is 0.899. The molecule has 1 aromatic carbocycles. The van der Waals surface area contributed by atoms with Crippen molar-refractivity contribution in [3.8, 4) is 6.07 Å². The number of benzene rings is 1. The molecule has 3 aromatic rings. The fraction of sp³-hybridized carbons (Fsp3) is 0.278. The van der Waals surface area contributed by atoms with Gasteiger partial charge in [0.15, 0.2) is 0 Å². The molecule has 11 heteroatoms. The average Bonchev–Trinajstić information content (AvgIpc) is 3.38. The molecule has 3 N–H and O–H groups in total. The lowest BCUT2D eigenvalue weighted by molar-refractivity contribution is 0.0730. The molecule has 2 aromatic heterocycles. The smallest absolute Gasteiger partial charge is 0.289 e. The van der Waals surface area contributed by atoms with Gasteiger partial charge in [0.2, 0.25) is 4.34 Å². The van der Waals surface area contributed by atoms with Crippen molar-refractivity contribution < 1.29 is 13.2 Å². The van der Waals surface area contributed by atoms with Crippen LogP contribution in [0.15, 0.2) is 28.0 Å². The monoisotopic (exact) mass is 430 g/mol. The van der Waals surface area contributed by atoms with Crippen LogP contribution in [0.1, 0.15) is 21.6 Å². The minimum absolute atomic E-state index is 0.123. The Kier molecular flexibility index (Phi) is 4.99. The Labute approximate surface area is 171 Å². The summed E-state index contributed by atoms with van der Waals surface area (Å²) in [7, 11) is -3.99. The van der Waals surface area contributed by atoms with Gasteiger partial charge >= 0.3 is 0 Å². The molecule has 0 atom stereocenters. The number of nitriles is 1. The Morgan fingerprint density at radius 1 is 1.34 bits per heavy atom. The minimum atomic E-state index is -3.99. The van der Waals surface area contributed by atoms with Crippen LogP contribution in [0.5, 0.6) is 0 Å². The van der Waals surface area contributed by atoms with Crippen LogP contribution in [0.2, 0.25) is 0 Å². The summed E-state index contributed by atoms with van der Waals surface area (Å²) in [5.41, 5.74) is 2.27. The summed E-state index contributed by atoms with van der Waals surface area (Å²) in [6, 6.07) is 5.47. The molecule has 1 amide bonds. The first-order valence-electron chi connectivity index (χ1n) is 8.90. The fourth-order valence-electron chi connectivity index (χ4n) is 3.29. The highest BCUT2D eigenvalue weighted by atomic mass is 32.2. The third kappa shape index (κ3) is 3.57. The van der Waals surface area contributed by atoms with Crippen LogP contribution in [-0.2, 0) is 10.0 Å². The van der Waals surface area contributed by atoms with Crippen molar-refractivity contribution in [3.05, 3.63) is 40.5 Å². The Hall–Kier alpha value is -2.94. The van der Waals surface area contributed by atoms with Gasteiger partial charge in [0, 0.05) is 43.1 Å². The molecule has 4 rings (SSSR count). The van der Waals surface area contributed by atoms with E-state index in [2.05, 4.69) is 26.1 Å². The van der Waals surface area contributed by atoms with Gasteiger partial charge in [-0.05, 0) is 18.6 Å². The number of H-pyrrole nitrogens is 1. The Morgan fingerprint density at radius 2 is 2.10 bits per heavy atom. The molecule has 0 spiro atoms. The van der Waals surface area contributed by atoms with Crippen LogP contribution in [0.4, 0.5) is 5.69 Å². The van der Waals surface area contributed by atoms with Crippen molar-refractivity contribution in [1.82, 2.24) is 20.2 Å². The normalized spacial score (nSPS) is 14.7. The molecule has 1 aliphatic heterocycles. The maximum atomic E-state index is 12.8. The SMILES string of the molecule is Cc1ccc(NS(=O)(=O)c2nc(C(=O)N3CCNCC3)cs2)c2[nH]cc(C#N)c12. The largest absolute Gasteiger partial charge is 0.358 e. The summed E-state index contributed by atoms with van der Waals surface area (Å²) in [5.74, 6) is -0.273. The number of carbonyl (C=O) groups excluding carboxylic acids is 1. The second kappa shape index (κ2) is 7.47. The number of carbonyl (C=O) groups is 1. The highest BCUT2D eigenvalue weighted by Gasteiger charge is 2.25. The highest BCUT2D eigenvalue weighted by Crippen LogP contribution is 2.30. The molecule has 0 radical (unpaired) electrons. The standard InChI is InChI=1S/C18H18N6O3S2/c1-11-2-3-13(16-15(11)12(8-19)9-21-16)23-29(26,27)18-22-14(10-28-18)17(25)24-6-4-20-5-7-24/h2-3,9-10,20-21,23H,4-7H2,1H3. The topological polar surface area (TPSA) is 131 Å². The summed E-state index contributed by atoms with van der Waals surface area (Å²) < 4.78 is 28.0. The number of nitrogens with one attached hydrogen (secondary N) is 3. The van der Waals surface area contributed by atoms with Crippen molar-refractivity contribution in [2.75, 3.05) is 30.9 Å². The number of aromatic amines is 1. The predicted octanol–water partition coefficient (Wildman–Crippen LogP) is 1.65. The van der Waals surface area contributed by atoms with Crippen molar-refractivity contribution in [1.29, 1.82) is 5.26 Å². The van der Waals surface area contributed by atoms with Gasteiger partial charge in [0.25, 0.3) is 15.9 Å². The molecule has 1 fully saturated rings. The van der Waals surface area contributed by atoms with Crippen LogP contribution in [0.25, 0.3) is 10.9 Å². The zero-order chi connectivity index (χ0) is 20.6. The lowest BCUT2D eigenvalue weighted by Gasteiger charge is -2.26. The third-order valence-corrected chi connectivity index (χ3v) is 7.37. The second-order valence-corrected chi connectivity index (χ2v) is 9.35. The number of aryl methyl sites for hydroxylation is 1. The van der Waals surface area contributed by atoms with Crippen molar-refractivity contribution >= 4 is 43.9 Å². The van der Waals surface area contributed by atoms with E-state index in [1.54, 1.807) is 23.2 Å². The van der Waals surface area contributed by atoms with Crippen molar-refractivity contribution in [3.63, 3.8) is 0 Å². The number of aromatic nitrogens is 2. The van der Waals surface area contributed by atoms with E-state index in [4.69, 9.17) is 0 Å². The molecular formula is C18H18N6O3S2. The highest BCUT2D eigenvalue weighted by molar-refractivity contribution is 7.94. The number of sulfonamides is 1. The van der Waals surface area contributed by atoms with Crippen LogP contribution in [0.3, 0.4) is 0 Å². The van der Waals surface area contributed by atoms with Gasteiger partial charge in [-0.2, -0.15) is 13.7 Å². The third-order valence-electron chi connectivity index (χ3n) is 4.74. The number of hydrogen-bond donors (Lipinski definition) is 3. The van der Waals surface area contributed by atoms with E-state index in [0.717, 1.165) is 16.9 Å². The van der Waals surface area contributed by atoms with Crippen molar-refractivity contribution in [2.45, 2.75) is 11.3 Å². The second-order valence-electron chi connectivity index (χ2n) is 6.64. The van der Waals surface area contributed by atoms with E-state index in [1.165, 1.54) is 5.38 Å². The predicted molar refractivity (Wildman–Crippen MR) is 109 cm³/mol. The van der Waals surface area contributed by atoms with Gasteiger partial charge < -0.3 is 15.2 Å². The van der Waals surface area contributed by atoms with Crippen molar-refractivity contribution in [2.24, 2.45) is 0 Å². The Balaban J connectivity index is 1.62. The minimum Gasteiger partial charge on any atom is -0.358 e. The zero-order valence-corrected chi connectivity index (χ0v) is 17.2. The average molecular weight is 431 g/mol. The molecule has 0 saturated carbocycles. The molecule has 1 saturated heterocycles. The van der Waals surface area contributed by atoms with Gasteiger partial charge in [-0.1, -0.05) is 6.07 Å². The van der Waals surface area contributed by atoms with Gasteiger partial charge in [0.05, 0.1) is 16.8 Å². The quantitative estimate of drug-likeness (QED) is 0.577. The van der Waals surface area contributed by atoms with Crippen LogP contribution >= 0.6 is 11.3 Å². The summed E-state index contributed by atoms with van der Waals surface area (Å²) in [5, 5.41) is 14.5. The van der Waals surface area contributed by atoms with E-state index < -0.39 is 10.0 Å². The van der Waals surface area contributed by atoms with Gasteiger partial charge in [-0.25, -0.2) is 4.98 Å². The molecule has 150 valence electrons. The fourth-order valence-corrected chi connectivity index (χ4v) is 5.35. The van der Waals surface area contributed by atoms with Crippen LogP contribution in [-0.4, -0.2) is 55.4 Å². The Morgan fingerprint density at radius 3 is 2.83 bits per heavy atom. The van der Waals surface area contributed by atoms with Gasteiger partial charge in [-0.3, -0.25) is 9.52 Å². The van der Waals surface area contributed by atoms with Gasteiger partial charge in [-0.15, -0.1) is 11.3 Å². The molecule has 1 aliphatic rings. The lowest BCUT2D eigenvalue weighted by atomic mass is 10.1. The molecule has 0 unspecified atom stereocenters. The number of piperazine rings is 1. The number of thiazole rings is 1. The first-order chi connectivity index (χ1) is 13.9. The number of amides is 1. The number of nitrogens with zero attached hydrogens (tertiary/aromatic N) is 3. The van der Waals surface area contributed by atoms with Crippen LogP contribution in [0, 0.1) is 18.3 Å². The van der Waals surface area contributed by atoms with Gasteiger partial charge in [0.1, 0.15) is 11.8 Å². The summed E-state index contributed by atoms with van der Waals surface area (Å²) in [6.07, 6.45) is 1.54. The molecule has 3 heterocycles. The summed E-state index contributed by atoms with van der Waals surface area (Å²) in [4.78, 5) is 21.2. The van der Waals surface area contributed by atoms with E-state index in [9.17, 15) is 18.5 Å². The first-order valence-corrected chi connectivity index (χ1v) is 11.3. The van der Waals surface area contributed by atoms with E-state index in [1.807, 2.05) is 6.92 Å². The van der Waals surface area contributed by atoms with E-state index in [-0.39, 0.29) is 15.9 Å². The molecule has 29 heavy (non-hydrogen) atoms. The molecule has 0 bridgehead atoms. The molecular weight excluding hydrogens is 412 g/mol. The zero-order valence-electron chi connectivity index (χ0n) is 15.5. The number of anilines is 1. The first kappa shape index (κ1) is 19.4. The maximum absolute atomic E-state index is 12.8.